The summed E-state index contributed by atoms with van der Waals surface area (Å²) >= 11 is 0. The second-order valence-electron chi connectivity index (χ2n) is 5.89. The highest BCUT2D eigenvalue weighted by Crippen LogP contribution is 2.20. The van der Waals surface area contributed by atoms with Gasteiger partial charge in [-0.25, -0.2) is 0 Å². The molecule has 2 unspecified atom stereocenters. The zero-order valence-electron chi connectivity index (χ0n) is 13.8. The number of nitrogens with one attached hydrogen (secondary N) is 1. The summed E-state index contributed by atoms with van der Waals surface area (Å²) in [6.45, 7) is 3.76. The molecule has 0 bridgehead atoms. The number of hydrogen-bond acceptors (Lipinski definition) is 4. The van der Waals surface area contributed by atoms with E-state index in [4.69, 9.17) is 9.47 Å². The Balaban J connectivity index is 1.60. The van der Waals surface area contributed by atoms with Crippen LogP contribution < -0.4 is 10.1 Å². The molecule has 1 N–H and O–H groups in total. The van der Waals surface area contributed by atoms with E-state index in [1.165, 1.54) is 5.56 Å². The highest BCUT2D eigenvalue weighted by molar-refractivity contribution is 5.94. The van der Waals surface area contributed by atoms with Gasteiger partial charge in [-0.2, -0.15) is 0 Å². The van der Waals surface area contributed by atoms with E-state index in [-0.39, 0.29) is 17.9 Å². The summed E-state index contributed by atoms with van der Waals surface area (Å²) in [4.78, 5) is 16.5. The zero-order chi connectivity index (χ0) is 16.8. The second-order valence-corrected chi connectivity index (χ2v) is 5.89. The van der Waals surface area contributed by atoms with Gasteiger partial charge in [0.1, 0.15) is 5.75 Å². The lowest BCUT2D eigenvalue weighted by atomic mass is 9.95. The number of carbonyl (C=O) groups excluding carboxylic acids is 1. The summed E-state index contributed by atoms with van der Waals surface area (Å²) in [5.74, 6) is 0.973. The first-order valence-electron chi connectivity index (χ1n) is 8.26. The molecule has 1 saturated heterocycles. The van der Waals surface area contributed by atoms with Gasteiger partial charge in [0.25, 0.3) is 5.91 Å². The van der Waals surface area contributed by atoms with Crippen molar-refractivity contribution in [2.24, 2.45) is 5.92 Å². The van der Waals surface area contributed by atoms with E-state index in [0.29, 0.717) is 25.4 Å². The van der Waals surface area contributed by atoms with Crippen LogP contribution in [0.1, 0.15) is 22.8 Å². The molecule has 1 aliphatic heterocycles. The number of pyridine rings is 1. The topological polar surface area (TPSA) is 60.5 Å². The van der Waals surface area contributed by atoms with E-state index in [0.717, 1.165) is 12.2 Å². The van der Waals surface area contributed by atoms with Crippen LogP contribution in [-0.2, 0) is 11.2 Å². The van der Waals surface area contributed by atoms with Crippen molar-refractivity contribution in [3.05, 3.63) is 59.9 Å². The average molecular weight is 326 g/mol. The van der Waals surface area contributed by atoms with Crippen LogP contribution in [0.3, 0.4) is 0 Å². The fraction of sp³-hybridized carbons (Fsp3) is 0.368. The van der Waals surface area contributed by atoms with Crippen molar-refractivity contribution in [2.75, 3.05) is 19.8 Å². The van der Waals surface area contributed by atoms with Crippen molar-refractivity contribution in [2.45, 2.75) is 19.4 Å². The van der Waals surface area contributed by atoms with Crippen LogP contribution in [0.5, 0.6) is 5.75 Å². The van der Waals surface area contributed by atoms with E-state index in [1.807, 2.05) is 31.2 Å². The van der Waals surface area contributed by atoms with Crippen molar-refractivity contribution in [1.82, 2.24) is 10.3 Å². The normalized spacial score (nSPS) is 19.9. The number of amides is 1. The molecule has 5 nitrogen and oxygen atoms in total. The fourth-order valence-corrected chi connectivity index (χ4v) is 2.90. The van der Waals surface area contributed by atoms with Crippen LogP contribution in [0.4, 0.5) is 0 Å². The monoisotopic (exact) mass is 326 g/mol. The van der Waals surface area contributed by atoms with E-state index in [1.54, 1.807) is 24.5 Å². The predicted octanol–water partition coefficient (Wildman–Crippen LogP) is 2.47. The van der Waals surface area contributed by atoms with Crippen LogP contribution in [0, 0.1) is 5.92 Å². The molecule has 1 aromatic heterocycles. The fourth-order valence-electron chi connectivity index (χ4n) is 2.90. The van der Waals surface area contributed by atoms with Crippen LogP contribution in [-0.4, -0.2) is 36.8 Å². The van der Waals surface area contributed by atoms with Crippen LogP contribution >= 0.6 is 0 Å². The minimum Gasteiger partial charge on any atom is -0.494 e. The van der Waals surface area contributed by atoms with Gasteiger partial charge >= 0.3 is 0 Å². The van der Waals surface area contributed by atoms with Crippen LogP contribution in [0.2, 0.25) is 0 Å². The lowest BCUT2D eigenvalue weighted by Gasteiger charge is -2.19. The molecule has 1 amide bonds. The molecule has 3 rings (SSSR count). The summed E-state index contributed by atoms with van der Waals surface area (Å²) < 4.78 is 11.0. The molecule has 1 aliphatic rings. The molecule has 0 aliphatic carbocycles. The third-order valence-electron chi connectivity index (χ3n) is 4.19. The molecule has 24 heavy (non-hydrogen) atoms. The zero-order valence-corrected chi connectivity index (χ0v) is 13.8. The molecule has 5 heteroatoms. The van der Waals surface area contributed by atoms with Crippen molar-refractivity contribution >= 4 is 5.91 Å². The van der Waals surface area contributed by atoms with Gasteiger partial charge in [0.05, 0.1) is 25.9 Å². The van der Waals surface area contributed by atoms with Crippen molar-refractivity contribution in [3.63, 3.8) is 0 Å². The first kappa shape index (κ1) is 16.5. The lowest BCUT2D eigenvalue weighted by Crippen LogP contribution is -2.40. The molecule has 0 spiro atoms. The maximum atomic E-state index is 12.5. The number of nitrogens with zero attached hydrogens (tertiary/aromatic N) is 1. The first-order valence-corrected chi connectivity index (χ1v) is 8.26. The Kier molecular flexibility index (Phi) is 5.43. The third-order valence-corrected chi connectivity index (χ3v) is 4.19. The number of hydrogen-bond donors (Lipinski definition) is 1. The lowest BCUT2D eigenvalue weighted by molar-refractivity contribution is 0.0925. The van der Waals surface area contributed by atoms with E-state index >= 15 is 0 Å². The first-order chi connectivity index (χ1) is 11.8. The minimum atomic E-state index is -0.0757. The van der Waals surface area contributed by atoms with Gasteiger partial charge in [-0.15, -0.1) is 0 Å². The standard InChI is InChI=1S/C19H22N2O3/c1-2-24-17-5-3-15(4-6-17)19(22)21-18-13-23-12-16(18)11-14-7-9-20-10-8-14/h3-10,16,18H,2,11-13H2,1H3,(H,21,22). The van der Waals surface area contributed by atoms with Gasteiger partial charge in [0.15, 0.2) is 0 Å². The van der Waals surface area contributed by atoms with Crippen LogP contribution in [0.25, 0.3) is 0 Å². The summed E-state index contributed by atoms with van der Waals surface area (Å²) in [7, 11) is 0. The van der Waals surface area contributed by atoms with Crippen molar-refractivity contribution in [1.29, 1.82) is 0 Å². The number of benzene rings is 1. The van der Waals surface area contributed by atoms with Gasteiger partial charge < -0.3 is 14.8 Å². The Morgan fingerprint density at radius 2 is 1.96 bits per heavy atom. The molecule has 0 saturated carbocycles. The largest absolute Gasteiger partial charge is 0.494 e. The summed E-state index contributed by atoms with van der Waals surface area (Å²) in [6, 6.07) is 11.2. The van der Waals surface area contributed by atoms with Gasteiger partial charge in [-0.3, -0.25) is 9.78 Å². The Morgan fingerprint density at radius 1 is 1.21 bits per heavy atom. The Labute approximate surface area is 142 Å². The number of rotatable bonds is 6. The minimum absolute atomic E-state index is 0.0252. The highest BCUT2D eigenvalue weighted by atomic mass is 16.5. The number of aromatic nitrogens is 1. The van der Waals surface area contributed by atoms with Gasteiger partial charge in [0, 0.05) is 23.9 Å². The predicted molar refractivity (Wildman–Crippen MR) is 91.1 cm³/mol. The molecule has 1 aromatic carbocycles. The molecule has 1 fully saturated rings. The van der Waals surface area contributed by atoms with E-state index in [9.17, 15) is 4.79 Å². The van der Waals surface area contributed by atoms with Gasteiger partial charge in [0.2, 0.25) is 0 Å². The van der Waals surface area contributed by atoms with Gasteiger partial charge in [-0.1, -0.05) is 0 Å². The Bertz CT molecular complexity index is 658. The number of carbonyl (C=O) groups is 1. The smallest absolute Gasteiger partial charge is 0.251 e. The molecule has 0 radical (unpaired) electrons. The molecule has 126 valence electrons. The maximum Gasteiger partial charge on any atom is 0.251 e. The molecule has 2 aromatic rings. The van der Waals surface area contributed by atoms with Crippen molar-refractivity contribution < 1.29 is 14.3 Å². The molecular formula is C19H22N2O3. The number of ether oxygens (including phenoxy) is 2. The highest BCUT2D eigenvalue weighted by Gasteiger charge is 2.29. The maximum absolute atomic E-state index is 12.5. The summed E-state index contributed by atoms with van der Waals surface area (Å²) in [5, 5.41) is 3.10. The average Bonchev–Trinajstić information content (AvgIpc) is 3.03. The SMILES string of the molecule is CCOc1ccc(C(=O)NC2COCC2Cc2ccncc2)cc1. The Hall–Kier alpha value is -2.40. The van der Waals surface area contributed by atoms with E-state index < -0.39 is 0 Å². The summed E-state index contributed by atoms with van der Waals surface area (Å²) in [6.07, 6.45) is 4.45. The molecule has 2 heterocycles. The third kappa shape index (κ3) is 4.11. The van der Waals surface area contributed by atoms with E-state index in [2.05, 4.69) is 10.3 Å². The van der Waals surface area contributed by atoms with Gasteiger partial charge in [-0.05, 0) is 55.3 Å². The molecular weight excluding hydrogens is 304 g/mol. The molecule has 2 atom stereocenters. The van der Waals surface area contributed by atoms with Crippen LogP contribution in [0.15, 0.2) is 48.8 Å². The summed E-state index contributed by atoms with van der Waals surface area (Å²) in [5.41, 5.74) is 1.84. The van der Waals surface area contributed by atoms with Crippen molar-refractivity contribution in [3.8, 4) is 5.75 Å². The Morgan fingerprint density at radius 3 is 2.67 bits per heavy atom. The second kappa shape index (κ2) is 7.93. The quantitative estimate of drug-likeness (QED) is 0.886.